The van der Waals surface area contributed by atoms with E-state index in [1.54, 1.807) is 14.2 Å². The summed E-state index contributed by atoms with van der Waals surface area (Å²) in [6.07, 6.45) is 0. The summed E-state index contributed by atoms with van der Waals surface area (Å²) >= 11 is 3.47. The van der Waals surface area contributed by atoms with Crippen LogP contribution in [-0.4, -0.2) is 14.2 Å². The molecule has 1 rings (SSSR count). The van der Waals surface area contributed by atoms with E-state index in [4.69, 9.17) is 9.47 Å². The third kappa shape index (κ3) is 1.80. The first-order valence-corrected chi connectivity index (χ1v) is 4.78. The Labute approximate surface area is 87.0 Å². The number of hydrogen-bond donors (Lipinski definition) is 0. The second-order valence-corrected chi connectivity index (χ2v) is 3.66. The maximum Gasteiger partial charge on any atom is 0.139 e. The fourth-order valence-electron chi connectivity index (χ4n) is 1.28. The fraction of sp³-hybridized carbons (Fsp3) is 0.400. The molecule has 72 valence electrons. The lowest BCUT2D eigenvalue weighted by molar-refractivity contribution is 0.386. The summed E-state index contributed by atoms with van der Waals surface area (Å²) in [7, 11) is 3.32. The molecule has 13 heavy (non-hydrogen) atoms. The molecule has 0 radical (unpaired) electrons. The standard InChI is InChI=1S/C10H13BrO2/c1-6-5-8(12-3)7(2)10(13-4)9(6)11/h5H,1-4H3. The van der Waals surface area contributed by atoms with E-state index in [1.165, 1.54) is 0 Å². The Kier molecular flexibility index (Phi) is 3.20. The predicted molar refractivity (Wildman–Crippen MR) is 56.7 cm³/mol. The molecule has 0 N–H and O–H groups in total. The number of halogens is 1. The molecule has 0 bridgehead atoms. The molecule has 0 amide bonds. The first kappa shape index (κ1) is 10.4. The van der Waals surface area contributed by atoms with Gasteiger partial charge in [-0.1, -0.05) is 0 Å². The SMILES string of the molecule is COc1cc(C)c(Br)c(OC)c1C. The van der Waals surface area contributed by atoms with Crippen molar-refractivity contribution in [1.82, 2.24) is 0 Å². The van der Waals surface area contributed by atoms with E-state index in [1.807, 2.05) is 19.9 Å². The van der Waals surface area contributed by atoms with Crippen molar-refractivity contribution in [1.29, 1.82) is 0 Å². The number of hydrogen-bond acceptors (Lipinski definition) is 2. The molecule has 2 nitrogen and oxygen atoms in total. The van der Waals surface area contributed by atoms with Gasteiger partial charge in [0, 0.05) is 5.56 Å². The Morgan fingerprint density at radius 3 is 2.23 bits per heavy atom. The van der Waals surface area contributed by atoms with Crippen molar-refractivity contribution in [2.24, 2.45) is 0 Å². The van der Waals surface area contributed by atoms with Crippen LogP contribution in [0.15, 0.2) is 10.5 Å². The lowest BCUT2D eigenvalue weighted by atomic mass is 10.1. The van der Waals surface area contributed by atoms with Gasteiger partial charge in [0.1, 0.15) is 11.5 Å². The van der Waals surface area contributed by atoms with Crippen molar-refractivity contribution >= 4 is 15.9 Å². The van der Waals surface area contributed by atoms with Gasteiger partial charge in [0.05, 0.1) is 18.7 Å². The van der Waals surface area contributed by atoms with E-state index in [0.29, 0.717) is 0 Å². The number of aryl methyl sites for hydroxylation is 1. The van der Waals surface area contributed by atoms with Crippen molar-refractivity contribution < 1.29 is 9.47 Å². The molecule has 0 aliphatic carbocycles. The molecular formula is C10H13BrO2. The van der Waals surface area contributed by atoms with Crippen LogP contribution in [0.2, 0.25) is 0 Å². The molecular weight excluding hydrogens is 232 g/mol. The minimum Gasteiger partial charge on any atom is -0.496 e. The highest BCUT2D eigenvalue weighted by molar-refractivity contribution is 9.10. The van der Waals surface area contributed by atoms with Crippen molar-refractivity contribution in [3.05, 3.63) is 21.7 Å². The van der Waals surface area contributed by atoms with E-state index in [2.05, 4.69) is 15.9 Å². The maximum atomic E-state index is 5.27. The first-order chi connectivity index (χ1) is 6.11. The van der Waals surface area contributed by atoms with E-state index in [9.17, 15) is 0 Å². The molecule has 0 aliphatic heterocycles. The zero-order valence-electron chi connectivity index (χ0n) is 8.27. The Morgan fingerprint density at radius 2 is 1.77 bits per heavy atom. The van der Waals surface area contributed by atoms with Crippen LogP contribution in [0.3, 0.4) is 0 Å². The molecule has 0 fully saturated rings. The quantitative estimate of drug-likeness (QED) is 0.797. The van der Waals surface area contributed by atoms with E-state index in [-0.39, 0.29) is 0 Å². The summed E-state index contributed by atoms with van der Waals surface area (Å²) in [5, 5.41) is 0. The fourth-order valence-corrected chi connectivity index (χ4v) is 1.85. The Morgan fingerprint density at radius 1 is 1.15 bits per heavy atom. The van der Waals surface area contributed by atoms with Gasteiger partial charge in [0.15, 0.2) is 0 Å². The smallest absolute Gasteiger partial charge is 0.139 e. The molecule has 0 saturated heterocycles. The van der Waals surface area contributed by atoms with E-state index in [0.717, 1.165) is 27.1 Å². The molecule has 0 heterocycles. The van der Waals surface area contributed by atoms with Crippen LogP contribution in [0.25, 0.3) is 0 Å². The second kappa shape index (κ2) is 4.01. The molecule has 0 aromatic heterocycles. The third-order valence-electron chi connectivity index (χ3n) is 2.03. The minimum atomic E-state index is 0.844. The highest BCUT2D eigenvalue weighted by Gasteiger charge is 2.11. The van der Waals surface area contributed by atoms with Crippen LogP contribution >= 0.6 is 15.9 Å². The highest BCUT2D eigenvalue weighted by atomic mass is 79.9. The molecule has 1 aromatic rings. The zero-order chi connectivity index (χ0) is 10.0. The number of rotatable bonds is 2. The van der Waals surface area contributed by atoms with Gasteiger partial charge in [-0.25, -0.2) is 0 Å². The molecule has 0 atom stereocenters. The number of ether oxygens (including phenoxy) is 2. The van der Waals surface area contributed by atoms with Crippen LogP contribution in [0.5, 0.6) is 11.5 Å². The maximum absolute atomic E-state index is 5.27. The number of benzene rings is 1. The van der Waals surface area contributed by atoms with Gasteiger partial charge in [-0.2, -0.15) is 0 Å². The van der Waals surface area contributed by atoms with Gasteiger partial charge >= 0.3 is 0 Å². The Bertz CT molecular complexity index is 321. The molecule has 1 aromatic carbocycles. The molecule has 0 aliphatic rings. The summed E-state index contributed by atoms with van der Waals surface area (Å²) in [5.41, 5.74) is 2.13. The summed E-state index contributed by atoms with van der Waals surface area (Å²) in [4.78, 5) is 0. The highest BCUT2D eigenvalue weighted by Crippen LogP contribution is 2.37. The van der Waals surface area contributed by atoms with Gasteiger partial charge in [-0.3, -0.25) is 0 Å². The monoisotopic (exact) mass is 244 g/mol. The van der Waals surface area contributed by atoms with Crippen LogP contribution in [0.4, 0.5) is 0 Å². The van der Waals surface area contributed by atoms with Crippen molar-refractivity contribution in [3.63, 3.8) is 0 Å². The second-order valence-electron chi connectivity index (χ2n) is 2.87. The zero-order valence-corrected chi connectivity index (χ0v) is 9.86. The third-order valence-corrected chi connectivity index (χ3v) is 3.01. The average molecular weight is 245 g/mol. The van der Waals surface area contributed by atoms with Gasteiger partial charge in [-0.05, 0) is 41.4 Å². The van der Waals surface area contributed by atoms with E-state index >= 15 is 0 Å². The summed E-state index contributed by atoms with van der Waals surface area (Å²) < 4.78 is 11.5. The Balaban J connectivity index is 3.39. The molecule has 0 saturated carbocycles. The topological polar surface area (TPSA) is 18.5 Å². The molecule has 0 unspecified atom stereocenters. The normalized spacial score (nSPS) is 9.92. The van der Waals surface area contributed by atoms with Crippen LogP contribution in [0.1, 0.15) is 11.1 Å². The largest absolute Gasteiger partial charge is 0.496 e. The van der Waals surface area contributed by atoms with Crippen molar-refractivity contribution in [2.75, 3.05) is 14.2 Å². The molecule has 3 heteroatoms. The van der Waals surface area contributed by atoms with E-state index < -0.39 is 0 Å². The van der Waals surface area contributed by atoms with Crippen LogP contribution in [-0.2, 0) is 0 Å². The lowest BCUT2D eigenvalue weighted by Gasteiger charge is -2.13. The van der Waals surface area contributed by atoms with Crippen LogP contribution in [0, 0.1) is 13.8 Å². The van der Waals surface area contributed by atoms with Crippen LogP contribution < -0.4 is 9.47 Å². The van der Waals surface area contributed by atoms with Gasteiger partial charge < -0.3 is 9.47 Å². The summed E-state index contributed by atoms with van der Waals surface area (Å²) in [5.74, 6) is 1.70. The predicted octanol–water partition coefficient (Wildman–Crippen LogP) is 3.08. The average Bonchev–Trinajstić information content (AvgIpc) is 2.12. The first-order valence-electron chi connectivity index (χ1n) is 3.99. The summed E-state index contributed by atoms with van der Waals surface area (Å²) in [6.45, 7) is 3.98. The Hall–Kier alpha value is -0.700. The van der Waals surface area contributed by atoms with Gasteiger partial charge in [0.25, 0.3) is 0 Å². The van der Waals surface area contributed by atoms with Crippen molar-refractivity contribution in [2.45, 2.75) is 13.8 Å². The summed E-state index contributed by atoms with van der Waals surface area (Å²) in [6, 6.07) is 1.99. The molecule has 0 spiro atoms. The van der Waals surface area contributed by atoms with Gasteiger partial charge in [0.2, 0.25) is 0 Å². The van der Waals surface area contributed by atoms with Gasteiger partial charge in [-0.15, -0.1) is 0 Å². The lowest BCUT2D eigenvalue weighted by Crippen LogP contribution is -1.95. The number of methoxy groups -OCH3 is 2. The minimum absolute atomic E-state index is 0.844. The van der Waals surface area contributed by atoms with Crippen molar-refractivity contribution in [3.8, 4) is 11.5 Å².